The van der Waals surface area contributed by atoms with Crippen LogP contribution in [0.4, 0.5) is 0 Å². The van der Waals surface area contributed by atoms with Crippen LogP contribution in [0.1, 0.15) is 30.0 Å². The van der Waals surface area contributed by atoms with E-state index in [2.05, 4.69) is 29.6 Å². The largest absolute Gasteiger partial charge is 0.497 e. The number of hydrogen-bond donors (Lipinski definition) is 3. The van der Waals surface area contributed by atoms with Crippen molar-refractivity contribution in [3.63, 3.8) is 0 Å². The van der Waals surface area contributed by atoms with Gasteiger partial charge >= 0.3 is 0 Å². The first-order chi connectivity index (χ1) is 15.2. The van der Waals surface area contributed by atoms with Crippen LogP contribution in [0.15, 0.2) is 48.5 Å². The summed E-state index contributed by atoms with van der Waals surface area (Å²) < 4.78 is 11.0. The van der Waals surface area contributed by atoms with Crippen molar-refractivity contribution in [1.29, 1.82) is 0 Å². The van der Waals surface area contributed by atoms with Gasteiger partial charge in [0.05, 0.1) is 13.2 Å². The SMILES string of the molecule is COc1ccc(OCC[NH+]2CC[NH+](CC(=O)N[C@@H]3CCCc4ccccc43)CC2)cc1. The summed E-state index contributed by atoms with van der Waals surface area (Å²) in [6.07, 6.45) is 3.32. The van der Waals surface area contributed by atoms with Gasteiger partial charge in [-0.05, 0) is 54.7 Å². The van der Waals surface area contributed by atoms with Crippen molar-refractivity contribution in [2.24, 2.45) is 0 Å². The highest BCUT2D eigenvalue weighted by atomic mass is 16.5. The quantitative estimate of drug-likeness (QED) is 0.560. The third kappa shape index (κ3) is 5.99. The zero-order valence-corrected chi connectivity index (χ0v) is 18.5. The number of fused-ring (bicyclic) bond motifs is 1. The van der Waals surface area contributed by atoms with Gasteiger partial charge in [-0.3, -0.25) is 4.79 Å². The lowest BCUT2D eigenvalue weighted by atomic mass is 9.88. The number of hydrogen-bond acceptors (Lipinski definition) is 3. The molecule has 0 radical (unpaired) electrons. The van der Waals surface area contributed by atoms with Gasteiger partial charge in [-0.1, -0.05) is 24.3 Å². The van der Waals surface area contributed by atoms with Crippen LogP contribution >= 0.6 is 0 Å². The van der Waals surface area contributed by atoms with E-state index in [9.17, 15) is 4.79 Å². The van der Waals surface area contributed by atoms with Gasteiger partial charge in [0.15, 0.2) is 6.54 Å². The second-order valence-electron chi connectivity index (χ2n) is 8.66. The van der Waals surface area contributed by atoms with Crippen LogP contribution in [-0.2, 0) is 11.2 Å². The van der Waals surface area contributed by atoms with E-state index >= 15 is 0 Å². The Morgan fingerprint density at radius 1 is 1.00 bits per heavy atom. The monoisotopic (exact) mass is 425 g/mol. The lowest BCUT2D eigenvalue weighted by Gasteiger charge is -2.30. The van der Waals surface area contributed by atoms with Crippen LogP contribution in [0.5, 0.6) is 11.5 Å². The summed E-state index contributed by atoms with van der Waals surface area (Å²) in [6, 6.07) is 16.4. The first-order valence-corrected chi connectivity index (χ1v) is 11.5. The Bertz CT molecular complexity index is 847. The van der Waals surface area contributed by atoms with Crippen LogP contribution in [0.2, 0.25) is 0 Å². The molecule has 3 N–H and O–H groups in total. The fourth-order valence-electron chi connectivity index (χ4n) is 4.75. The van der Waals surface area contributed by atoms with E-state index < -0.39 is 0 Å². The molecule has 0 saturated carbocycles. The number of methoxy groups -OCH3 is 1. The van der Waals surface area contributed by atoms with Crippen LogP contribution in [0.25, 0.3) is 0 Å². The van der Waals surface area contributed by atoms with Gasteiger partial charge in [-0.15, -0.1) is 0 Å². The van der Waals surface area contributed by atoms with E-state index in [0.717, 1.165) is 63.5 Å². The van der Waals surface area contributed by atoms with Crippen molar-refractivity contribution >= 4 is 5.91 Å². The van der Waals surface area contributed by atoms with E-state index in [1.54, 1.807) is 12.0 Å². The first kappa shape index (κ1) is 21.7. The Balaban J connectivity index is 1.15. The zero-order chi connectivity index (χ0) is 21.5. The standard InChI is InChI=1S/C25H33N3O3/c1-30-21-9-11-22(12-10-21)31-18-17-27-13-15-28(16-14-27)19-25(29)26-24-8-4-6-20-5-2-3-7-23(20)24/h2-3,5,7,9-12,24H,4,6,8,13-19H2,1H3,(H,26,29)/p+2/t24-/m1/s1. The molecule has 0 spiro atoms. The molecule has 1 saturated heterocycles. The fraction of sp³-hybridized carbons (Fsp3) is 0.480. The summed E-state index contributed by atoms with van der Waals surface area (Å²) in [5, 5.41) is 3.30. The van der Waals surface area contributed by atoms with Crippen molar-refractivity contribution in [1.82, 2.24) is 5.32 Å². The molecule has 1 atom stereocenters. The Morgan fingerprint density at radius 2 is 1.71 bits per heavy atom. The summed E-state index contributed by atoms with van der Waals surface area (Å²) in [4.78, 5) is 15.6. The van der Waals surface area contributed by atoms with Crippen LogP contribution in [-0.4, -0.2) is 58.9 Å². The molecule has 6 nitrogen and oxygen atoms in total. The highest BCUT2D eigenvalue weighted by Crippen LogP contribution is 2.29. The molecule has 6 heteroatoms. The van der Waals surface area contributed by atoms with Crippen molar-refractivity contribution in [2.45, 2.75) is 25.3 Å². The predicted molar refractivity (Wildman–Crippen MR) is 120 cm³/mol. The zero-order valence-electron chi connectivity index (χ0n) is 18.5. The van der Waals surface area contributed by atoms with Crippen molar-refractivity contribution in [2.75, 3.05) is 53.0 Å². The lowest BCUT2D eigenvalue weighted by Crippen LogP contribution is -3.28. The van der Waals surface area contributed by atoms with Gasteiger partial charge in [-0.25, -0.2) is 0 Å². The van der Waals surface area contributed by atoms with Gasteiger partial charge < -0.3 is 24.6 Å². The minimum absolute atomic E-state index is 0.180. The maximum atomic E-state index is 12.7. The van der Waals surface area contributed by atoms with Crippen molar-refractivity contribution < 1.29 is 24.1 Å². The van der Waals surface area contributed by atoms with Gasteiger partial charge in [0.1, 0.15) is 50.8 Å². The van der Waals surface area contributed by atoms with Crippen LogP contribution in [0.3, 0.4) is 0 Å². The third-order valence-electron chi connectivity index (χ3n) is 6.56. The molecule has 1 aliphatic carbocycles. The van der Waals surface area contributed by atoms with E-state index in [0.29, 0.717) is 13.2 Å². The molecule has 2 aromatic carbocycles. The summed E-state index contributed by atoms with van der Waals surface area (Å²) >= 11 is 0. The number of benzene rings is 2. The van der Waals surface area contributed by atoms with E-state index in [-0.39, 0.29) is 11.9 Å². The number of piperazine rings is 1. The summed E-state index contributed by atoms with van der Waals surface area (Å²) in [6.45, 7) is 6.51. The number of carbonyl (C=O) groups is 1. The average molecular weight is 426 g/mol. The first-order valence-electron chi connectivity index (χ1n) is 11.5. The minimum Gasteiger partial charge on any atom is -0.497 e. The lowest BCUT2D eigenvalue weighted by molar-refractivity contribution is -1.01. The second kappa shape index (κ2) is 10.6. The Hall–Kier alpha value is -2.57. The summed E-state index contributed by atoms with van der Waals surface area (Å²) in [5.74, 6) is 1.90. The number of rotatable bonds is 8. The number of nitrogens with one attached hydrogen (secondary N) is 3. The van der Waals surface area contributed by atoms with E-state index in [1.165, 1.54) is 16.0 Å². The van der Waals surface area contributed by atoms with Crippen LogP contribution < -0.4 is 24.6 Å². The van der Waals surface area contributed by atoms with Gasteiger partial charge in [0, 0.05) is 0 Å². The maximum absolute atomic E-state index is 12.7. The normalized spacial score (nSPS) is 22.9. The Kier molecular flexibility index (Phi) is 7.43. The molecule has 0 unspecified atom stereocenters. The molecule has 2 aliphatic rings. The minimum atomic E-state index is 0.180. The van der Waals surface area contributed by atoms with E-state index in [4.69, 9.17) is 9.47 Å². The van der Waals surface area contributed by atoms with Crippen molar-refractivity contribution in [3.05, 3.63) is 59.7 Å². The third-order valence-corrected chi connectivity index (χ3v) is 6.56. The predicted octanol–water partition coefficient (Wildman–Crippen LogP) is 0.0512. The molecule has 2 aromatic rings. The van der Waals surface area contributed by atoms with Crippen LogP contribution in [0, 0.1) is 0 Å². The number of ether oxygens (including phenoxy) is 2. The number of carbonyl (C=O) groups excluding carboxylic acids is 1. The molecular weight excluding hydrogens is 390 g/mol. The number of quaternary nitrogens is 2. The highest BCUT2D eigenvalue weighted by Gasteiger charge is 2.27. The second-order valence-corrected chi connectivity index (χ2v) is 8.66. The molecule has 1 fully saturated rings. The van der Waals surface area contributed by atoms with E-state index in [1.807, 2.05) is 24.3 Å². The molecule has 4 rings (SSSR count). The highest BCUT2D eigenvalue weighted by molar-refractivity contribution is 5.77. The molecule has 166 valence electrons. The Labute approximate surface area is 185 Å². The number of amides is 1. The maximum Gasteiger partial charge on any atom is 0.275 e. The van der Waals surface area contributed by atoms with Gasteiger partial charge in [-0.2, -0.15) is 0 Å². The molecular formula is C25H35N3O3+2. The fourth-order valence-corrected chi connectivity index (χ4v) is 4.75. The number of aryl methyl sites for hydroxylation is 1. The van der Waals surface area contributed by atoms with Crippen molar-refractivity contribution in [3.8, 4) is 11.5 Å². The topological polar surface area (TPSA) is 56.4 Å². The molecule has 1 heterocycles. The molecule has 31 heavy (non-hydrogen) atoms. The summed E-state index contributed by atoms with van der Waals surface area (Å²) in [7, 11) is 1.67. The molecule has 0 aromatic heterocycles. The average Bonchev–Trinajstić information content (AvgIpc) is 2.81. The smallest absolute Gasteiger partial charge is 0.275 e. The molecule has 1 aliphatic heterocycles. The van der Waals surface area contributed by atoms with Gasteiger partial charge in [0.25, 0.3) is 5.91 Å². The Morgan fingerprint density at radius 3 is 2.48 bits per heavy atom. The molecule has 0 bridgehead atoms. The summed E-state index contributed by atoms with van der Waals surface area (Å²) in [5.41, 5.74) is 2.70. The van der Waals surface area contributed by atoms with Gasteiger partial charge in [0.2, 0.25) is 0 Å². The molecule has 1 amide bonds.